The van der Waals surface area contributed by atoms with Gasteiger partial charge >= 0.3 is 5.97 Å². The number of benzene rings is 1. The number of carbonyl (C=O) groups is 1. The van der Waals surface area contributed by atoms with Gasteiger partial charge in [-0.15, -0.1) is 0 Å². The van der Waals surface area contributed by atoms with E-state index in [2.05, 4.69) is 9.84 Å². The van der Waals surface area contributed by atoms with E-state index in [0.29, 0.717) is 0 Å². The van der Waals surface area contributed by atoms with Crippen molar-refractivity contribution in [3.05, 3.63) is 63.8 Å². The first-order chi connectivity index (χ1) is 9.11. The van der Waals surface area contributed by atoms with Crippen LogP contribution in [0.25, 0.3) is 0 Å². The Morgan fingerprint density at radius 2 is 2.21 bits per heavy atom. The summed E-state index contributed by atoms with van der Waals surface area (Å²) in [5.41, 5.74) is 0.0805. The zero-order valence-corrected chi connectivity index (χ0v) is 10.2. The van der Waals surface area contributed by atoms with E-state index in [1.54, 1.807) is 0 Å². The van der Waals surface area contributed by atoms with Crippen LogP contribution in [-0.2, 0) is 11.3 Å². The van der Waals surface area contributed by atoms with Crippen LogP contribution in [0.3, 0.4) is 0 Å². The zero-order valence-electron chi connectivity index (χ0n) is 10.2. The SMILES string of the molecule is COC(=O)c1ccc(F)c(Cn2ncccc2=O)c1. The third-order valence-corrected chi connectivity index (χ3v) is 2.57. The van der Waals surface area contributed by atoms with Gasteiger partial charge in [-0.25, -0.2) is 13.9 Å². The van der Waals surface area contributed by atoms with Gasteiger partial charge in [0, 0.05) is 17.8 Å². The van der Waals surface area contributed by atoms with Crippen LogP contribution in [0.1, 0.15) is 15.9 Å². The number of nitrogens with zero attached hydrogens (tertiary/aromatic N) is 2. The van der Waals surface area contributed by atoms with Crippen molar-refractivity contribution in [2.45, 2.75) is 6.54 Å². The second-order valence-electron chi connectivity index (χ2n) is 3.82. The second kappa shape index (κ2) is 5.43. The van der Waals surface area contributed by atoms with E-state index in [-0.39, 0.29) is 23.2 Å². The Morgan fingerprint density at radius 3 is 2.89 bits per heavy atom. The van der Waals surface area contributed by atoms with Gasteiger partial charge in [0.25, 0.3) is 5.56 Å². The van der Waals surface area contributed by atoms with Crippen LogP contribution in [0, 0.1) is 5.82 Å². The molecule has 0 aliphatic heterocycles. The van der Waals surface area contributed by atoms with Crippen molar-refractivity contribution in [1.82, 2.24) is 9.78 Å². The summed E-state index contributed by atoms with van der Waals surface area (Å²) in [6.07, 6.45) is 1.43. The molecule has 2 aromatic rings. The molecule has 0 radical (unpaired) electrons. The molecule has 0 spiro atoms. The van der Waals surface area contributed by atoms with Gasteiger partial charge in [-0.1, -0.05) is 0 Å². The molecule has 5 nitrogen and oxygen atoms in total. The molecule has 0 amide bonds. The lowest BCUT2D eigenvalue weighted by atomic mass is 10.1. The molecule has 2 rings (SSSR count). The topological polar surface area (TPSA) is 61.2 Å². The third-order valence-electron chi connectivity index (χ3n) is 2.57. The number of aromatic nitrogens is 2. The van der Waals surface area contributed by atoms with Crippen molar-refractivity contribution in [2.24, 2.45) is 0 Å². The Balaban J connectivity index is 2.37. The first kappa shape index (κ1) is 12.9. The fraction of sp³-hybridized carbons (Fsp3) is 0.154. The summed E-state index contributed by atoms with van der Waals surface area (Å²) in [5, 5.41) is 3.83. The molecule has 6 heteroatoms. The average Bonchev–Trinajstić information content (AvgIpc) is 2.42. The molecule has 0 N–H and O–H groups in total. The minimum Gasteiger partial charge on any atom is -0.465 e. The molecule has 0 bridgehead atoms. The monoisotopic (exact) mass is 262 g/mol. The molecular weight excluding hydrogens is 251 g/mol. The van der Waals surface area contributed by atoms with Crippen molar-refractivity contribution in [1.29, 1.82) is 0 Å². The second-order valence-corrected chi connectivity index (χ2v) is 3.82. The molecule has 0 unspecified atom stereocenters. The number of carbonyl (C=O) groups excluding carboxylic acids is 1. The molecule has 19 heavy (non-hydrogen) atoms. The molecule has 98 valence electrons. The maximum Gasteiger partial charge on any atom is 0.337 e. The summed E-state index contributed by atoms with van der Waals surface area (Å²) in [7, 11) is 1.24. The molecule has 1 aromatic heterocycles. The summed E-state index contributed by atoms with van der Waals surface area (Å²) in [6, 6.07) is 6.67. The Kier molecular flexibility index (Phi) is 3.70. The molecule has 0 aliphatic carbocycles. The van der Waals surface area contributed by atoms with Crippen molar-refractivity contribution < 1.29 is 13.9 Å². The van der Waals surface area contributed by atoms with E-state index >= 15 is 0 Å². The number of methoxy groups -OCH3 is 1. The van der Waals surface area contributed by atoms with Crippen molar-refractivity contribution >= 4 is 5.97 Å². The third kappa shape index (κ3) is 2.85. The van der Waals surface area contributed by atoms with Crippen LogP contribution in [0.4, 0.5) is 4.39 Å². The van der Waals surface area contributed by atoms with Crippen LogP contribution in [-0.4, -0.2) is 22.9 Å². The molecule has 0 saturated heterocycles. The predicted octanol–water partition coefficient (Wildman–Crippen LogP) is 1.22. The van der Waals surface area contributed by atoms with Gasteiger partial charge in [0.2, 0.25) is 0 Å². The fourth-order valence-electron chi connectivity index (χ4n) is 1.61. The maximum atomic E-state index is 13.7. The Hall–Kier alpha value is -2.50. The van der Waals surface area contributed by atoms with Gasteiger partial charge in [0.15, 0.2) is 0 Å². The van der Waals surface area contributed by atoms with Crippen LogP contribution in [0.2, 0.25) is 0 Å². The number of hydrogen-bond donors (Lipinski definition) is 0. The first-order valence-electron chi connectivity index (χ1n) is 5.50. The number of halogens is 1. The molecule has 1 aromatic carbocycles. The lowest BCUT2D eigenvalue weighted by Gasteiger charge is -2.07. The van der Waals surface area contributed by atoms with E-state index in [1.807, 2.05) is 0 Å². The summed E-state index contributed by atoms with van der Waals surface area (Å²) in [4.78, 5) is 22.9. The van der Waals surface area contributed by atoms with Gasteiger partial charge in [-0.3, -0.25) is 4.79 Å². The summed E-state index contributed by atoms with van der Waals surface area (Å²) in [6.45, 7) is -0.0453. The standard InChI is InChI=1S/C13H11FN2O3/c1-19-13(18)9-4-5-11(14)10(7-9)8-16-12(17)3-2-6-15-16/h2-7H,8H2,1H3. The molecule has 1 heterocycles. The Morgan fingerprint density at radius 1 is 1.42 bits per heavy atom. The van der Waals surface area contributed by atoms with E-state index < -0.39 is 11.8 Å². The number of hydrogen-bond acceptors (Lipinski definition) is 4. The molecule has 0 atom stereocenters. The largest absolute Gasteiger partial charge is 0.465 e. The smallest absolute Gasteiger partial charge is 0.337 e. The van der Waals surface area contributed by atoms with Gasteiger partial charge < -0.3 is 4.74 Å². The van der Waals surface area contributed by atoms with Gasteiger partial charge in [-0.05, 0) is 24.3 Å². The van der Waals surface area contributed by atoms with Gasteiger partial charge in [0.1, 0.15) is 5.82 Å². The number of ether oxygens (including phenoxy) is 1. The highest BCUT2D eigenvalue weighted by atomic mass is 19.1. The molecule has 0 fully saturated rings. The molecule has 0 aliphatic rings. The minimum absolute atomic E-state index is 0.0453. The fourth-order valence-corrected chi connectivity index (χ4v) is 1.61. The average molecular weight is 262 g/mol. The summed E-state index contributed by atoms with van der Waals surface area (Å²) >= 11 is 0. The summed E-state index contributed by atoms with van der Waals surface area (Å²) in [5.74, 6) is -1.07. The quantitative estimate of drug-likeness (QED) is 0.780. The lowest BCUT2D eigenvalue weighted by molar-refractivity contribution is 0.0600. The lowest BCUT2D eigenvalue weighted by Crippen LogP contribution is -2.22. The van der Waals surface area contributed by atoms with Crippen LogP contribution in [0.15, 0.2) is 41.3 Å². The van der Waals surface area contributed by atoms with Crippen molar-refractivity contribution in [3.63, 3.8) is 0 Å². The van der Waals surface area contributed by atoms with Gasteiger partial charge in [-0.2, -0.15) is 5.10 Å². The minimum atomic E-state index is -0.561. The Bertz CT molecular complexity index is 667. The number of rotatable bonds is 3. The highest BCUT2D eigenvalue weighted by Gasteiger charge is 2.11. The van der Waals surface area contributed by atoms with Gasteiger partial charge in [0.05, 0.1) is 19.2 Å². The highest BCUT2D eigenvalue weighted by molar-refractivity contribution is 5.89. The summed E-state index contributed by atoms with van der Waals surface area (Å²) < 4.78 is 19.3. The van der Waals surface area contributed by atoms with E-state index in [0.717, 1.165) is 10.7 Å². The normalized spacial score (nSPS) is 10.2. The van der Waals surface area contributed by atoms with E-state index in [1.165, 1.54) is 37.6 Å². The predicted molar refractivity (Wildman–Crippen MR) is 65.3 cm³/mol. The Labute approximate surface area is 108 Å². The highest BCUT2D eigenvalue weighted by Crippen LogP contribution is 2.12. The van der Waals surface area contributed by atoms with Crippen molar-refractivity contribution in [3.8, 4) is 0 Å². The number of esters is 1. The molecule has 0 saturated carbocycles. The van der Waals surface area contributed by atoms with E-state index in [9.17, 15) is 14.0 Å². The van der Waals surface area contributed by atoms with Crippen LogP contribution in [0.5, 0.6) is 0 Å². The van der Waals surface area contributed by atoms with Crippen LogP contribution >= 0.6 is 0 Å². The van der Waals surface area contributed by atoms with E-state index in [4.69, 9.17) is 0 Å². The first-order valence-corrected chi connectivity index (χ1v) is 5.50. The maximum absolute atomic E-state index is 13.7. The van der Waals surface area contributed by atoms with Crippen LogP contribution < -0.4 is 5.56 Å². The molecular formula is C13H11FN2O3. The zero-order chi connectivity index (χ0) is 13.8. The van der Waals surface area contributed by atoms with Crippen molar-refractivity contribution in [2.75, 3.05) is 7.11 Å².